The highest BCUT2D eigenvalue weighted by Gasteiger charge is 2.40. The fourth-order valence-corrected chi connectivity index (χ4v) is 3.87. The molecular weight excluding hydrogens is 254 g/mol. The monoisotopic (exact) mass is 277 g/mol. The summed E-state index contributed by atoms with van der Waals surface area (Å²) < 4.78 is 1.66. The summed E-state index contributed by atoms with van der Waals surface area (Å²) in [6.07, 6.45) is 4.82. The van der Waals surface area contributed by atoms with Crippen LogP contribution in [0.4, 0.5) is 0 Å². The summed E-state index contributed by atoms with van der Waals surface area (Å²) in [5.74, 6) is 0.325. The predicted molar refractivity (Wildman–Crippen MR) is 75.4 cm³/mol. The number of aryl methyl sites for hydroxylation is 2. The normalized spacial score (nSPS) is 30.1. The van der Waals surface area contributed by atoms with Gasteiger partial charge in [0, 0.05) is 25.6 Å². The average Bonchev–Trinajstić information content (AvgIpc) is 3.08. The topological polar surface area (TPSA) is 58.4 Å². The zero-order valence-electron chi connectivity index (χ0n) is 12.2. The van der Waals surface area contributed by atoms with Gasteiger partial charge in [-0.15, -0.1) is 0 Å². The van der Waals surface area contributed by atoms with Crippen LogP contribution in [-0.2, 0) is 7.05 Å². The molecule has 1 amide bonds. The fraction of sp³-hybridized carbons (Fsp3) is 0.733. The third kappa shape index (κ3) is 2.24. The molecule has 1 aliphatic carbocycles. The van der Waals surface area contributed by atoms with Gasteiger partial charge in [-0.05, 0) is 38.7 Å². The molecule has 3 rings (SSSR count). The molecule has 3 atom stereocenters. The van der Waals surface area contributed by atoms with Crippen molar-refractivity contribution in [3.8, 4) is 0 Å². The minimum atomic E-state index is -0.235. The highest BCUT2D eigenvalue weighted by Crippen LogP contribution is 2.36. The van der Waals surface area contributed by atoms with E-state index in [1.165, 1.54) is 0 Å². The number of rotatable bonds is 2. The number of aliphatic hydroxyl groups is 1. The summed E-state index contributed by atoms with van der Waals surface area (Å²) >= 11 is 0. The largest absolute Gasteiger partial charge is 0.393 e. The summed E-state index contributed by atoms with van der Waals surface area (Å²) in [5.41, 5.74) is 1.52. The molecule has 110 valence electrons. The number of carbonyl (C=O) groups excluding carboxylic acids is 1. The lowest BCUT2D eigenvalue weighted by Gasteiger charge is -2.31. The second kappa shape index (κ2) is 5.20. The number of aromatic nitrogens is 2. The Balaban J connectivity index is 1.81. The number of aliphatic hydroxyl groups excluding tert-OH is 1. The minimum absolute atomic E-state index is 0.0645. The van der Waals surface area contributed by atoms with Crippen molar-refractivity contribution in [3.05, 3.63) is 17.5 Å². The van der Waals surface area contributed by atoms with Crippen molar-refractivity contribution in [2.75, 3.05) is 6.54 Å². The lowest BCUT2D eigenvalue weighted by Crippen LogP contribution is -2.43. The van der Waals surface area contributed by atoms with Crippen molar-refractivity contribution >= 4 is 5.91 Å². The van der Waals surface area contributed by atoms with E-state index in [9.17, 15) is 9.90 Å². The SMILES string of the molecule is Cc1cc(C(=O)N2CCCC2C2CCCC2O)n(C)n1. The van der Waals surface area contributed by atoms with Crippen LogP contribution in [-0.4, -0.2) is 44.4 Å². The molecule has 1 saturated heterocycles. The van der Waals surface area contributed by atoms with Crippen LogP contribution in [0.25, 0.3) is 0 Å². The molecule has 0 radical (unpaired) electrons. The van der Waals surface area contributed by atoms with E-state index < -0.39 is 0 Å². The molecule has 1 saturated carbocycles. The number of carbonyl (C=O) groups is 1. The van der Waals surface area contributed by atoms with Crippen molar-refractivity contribution in [3.63, 3.8) is 0 Å². The molecule has 1 aromatic heterocycles. The van der Waals surface area contributed by atoms with E-state index in [1.807, 2.05) is 24.9 Å². The first kappa shape index (κ1) is 13.6. The van der Waals surface area contributed by atoms with E-state index >= 15 is 0 Å². The Morgan fingerprint density at radius 2 is 2.15 bits per heavy atom. The Labute approximate surface area is 119 Å². The van der Waals surface area contributed by atoms with Crippen LogP contribution in [0.3, 0.4) is 0 Å². The number of nitrogens with zero attached hydrogens (tertiary/aromatic N) is 3. The van der Waals surface area contributed by atoms with Crippen LogP contribution in [0.1, 0.15) is 48.3 Å². The summed E-state index contributed by atoms with van der Waals surface area (Å²) in [5, 5.41) is 14.4. The smallest absolute Gasteiger partial charge is 0.272 e. The predicted octanol–water partition coefficient (Wildman–Crippen LogP) is 1.49. The third-order valence-corrected chi connectivity index (χ3v) is 4.81. The molecule has 0 aromatic carbocycles. The third-order valence-electron chi connectivity index (χ3n) is 4.81. The average molecular weight is 277 g/mol. The quantitative estimate of drug-likeness (QED) is 0.891. The van der Waals surface area contributed by atoms with Gasteiger partial charge in [-0.2, -0.15) is 5.10 Å². The summed E-state index contributed by atoms with van der Waals surface area (Å²) in [6, 6.07) is 2.05. The zero-order chi connectivity index (χ0) is 14.3. The van der Waals surface area contributed by atoms with Crippen LogP contribution in [0.5, 0.6) is 0 Å². The van der Waals surface area contributed by atoms with Gasteiger partial charge in [-0.3, -0.25) is 9.48 Å². The van der Waals surface area contributed by atoms with Gasteiger partial charge in [0.15, 0.2) is 0 Å². The number of hydrogen-bond donors (Lipinski definition) is 1. The van der Waals surface area contributed by atoms with E-state index in [0.717, 1.165) is 44.3 Å². The van der Waals surface area contributed by atoms with Gasteiger partial charge in [-0.1, -0.05) is 6.42 Å². The molecule has 0 spiro atoms. The Kier molecular flexibility index (Phi) is 3.54. The molecule has 20 heavy (non-hydrogen) atoms. The minimum Gasteiger partial charge on any atom is -0.393 e. The number of amides is 1. The van der Waals surface area contributed by atoms with Crippen LogP contribution in [0.2, 0.25) is 0 Å². The second-order valence-electron chi connectivity index (χ2n) is 6.16. The maximum Gasteiger partial charge on any atom is 0.272 e. The van der Waals surface area contributed by atoms with Crippen LogP contribution < -0.4 is 0 Å². The molecule has 2 aliphatic rings. The molecule has 5 heteroatoms. The Hall–Kier alpha value is -1.36. The first-order chi connectivity index (χ1) is 9.58. The maximum atomic E-state index is 12.7. The first-order valence-corrected chi connectivity index (χ1v) is 7.57. The molecule has 5 nitrogen and oxygen atoms in total. The standard InChI is InChI=1S/C15H23N3O2/c1-10-9-13(17(2)16-10)15(20)18-8-4-6-12(18)11-5-3-7-14(11)19/h9,11-12,14,19H,3-8H2,1-2H3. The summed E-state index contributed by atoms with van der Waals surface area (Å²) in [7, 11) is 1.82. The van der Waals surface area contributed by atoms with Crippen LogP contribution in [0, 0.1) is 12.8 Å². The van der Waals surface area contributed by atoms with Gasteiger partial charge in [0.2, 0.25) is 0 Å². The molecule has 3 unspecified atom stereocenters. The van der Waals surface area contributed by atoms with E-state index in [0.29, 0.717) is 5.69 Å². The molecule has 2 fully saturated rings. The van der Waals surface area contributed by atoms with Crippen molar-refractivity contribution in [1.29, 1.82) is 0 Å². The first-order valence-electron chi connectivity index (χ1n) is 7.57. The molecule has 1 aromatic rings. The van der Waals surface area contributed by atoms with Gasteiger partial charge >= 0.3 is 0 Å². The highest BCUT2D eigenvalue weighted by molar-refractivity contribution is 5.93. The van der Waals surface area contributed by atoms with Crippen LogP contribution in [0.15, 0.2) is 6.07 Å². The van der Waals surface area contributed by atoms with E-state index in [1.54, 1.807) is 4.68 Å². The number of hydrogen-bond acceptors (Lipinski definition) is 3. The Morgan fingerprint density at radius 3 is 2.75 bits per heavy atom. The fourth-order valence-electron chi connectivity index (χ4n) is 3.87. The lowest BCUT2D eigenvalue weighted by molar-refractivity contribution is 0.0519. The molecule has 0 bridgehead atoms. The number of likely N-dealkylation sites (tertiary alicyclic amines) is 1. The molecule has 1 N–H and O–H groups in total. The van der Waals surface area contributed by atoms with Gasteiger partial charge in [-0.25, -0.2) is 0 Å². The zero-order valence-corrected chi connectivity index (χ0v) is 12.2. The van der Waals surface area contributed by atoms with Crippen molar-refractivity contribution in [2.24, 2.45) is 13.0 Å². The summed E-state index contributed by atoms with van der Waals surface area (Å²) in [6.45, 7) is 2.70. The van der Waals surface area contributed by atoms with Crippen molar-refractivity contribution in [2.45, 2.75) is 51.2 Å². The van der Waals surface area contributed by atoms with Gasteiger partial charge in [0.25, 0.3) is 5.91 Å². The van der Waals surface area contributed by atoms with Gasteiger partial charge in [0.1, 0.15) is 5.69 Å². The Morgan fingerprint density at radius 1 is 1.35 bits per heavy atom. The van der Waals surface area contributed by atoms with E-state index in [-0.39, 0.29) is 24.0 Å². The maximum absolute atomic E-state index is 12.7. The van der Waals surface area contributed by atoms with E-state index in [4.69, 9.17) is 0 Å². The van der Waals surface area contributed by atoms with Crippen molar-refractivity contribution in [1.82, 2.24) is 14.7 Å². The van der Waals surface area contributed by atoms with Gasteiger partial charge < -0.3 is 10.0 Å². The molecular formula is C15H23N3O2. The Bertz CT molecular complexity index is 511. The van der Waals surface area contributed by atoms with E-state index in [2.05, 4.69) is 5.10 Å². The second-order valence-corrected chi connectivity index (χ2v) is 6.16. The van der Waals surface area contributed by atoms with Crippen molar-refractivity contribution < 1.29 is 9.90 Å². The lowest BCUT2D eigenvalue weighted by atomic mass is 9.94. The van der Waals surface area contributed by atoms with Gasteiger partial charge in [0.05, 0.1) is 11.8 Å². The summed E-state index contributed by atoms with van der Waals surface area (Å²) in [4.78, 5) is 14.7. The molecule has 1 aliphatic heterocycles. The molecule has 2 heterocycles. The highest BCUT2D eigenvalue weighted by atomic mass is 16.3. The van der Waals surface area contributed by atoms with Crippen LogP contribution >= 0.6 is 0 Å².